The number of rotatable bonds is 4. The van der Waals surface area contributed by atoms with Gasteiger partial charge < -0.3 is 10.1 Å². The summed E-state index contributed by atoms with van der Waals surface area (Å²) in [6.07, 6.45) is 0. The number of aryl methyl sites for hydroxylation is 1. The summed E-state index contributed by atoms with van der Waals surface area (Å²) in [7, 11) is 0. The van der Waals surface area contributed by atoms with Gasteiger partial charge in [-0.25, -0.2) is 0 Å². The molecule has 0 saturated heterocycles. The summed E-state index contributed by atoms with van der Waals surface area (Å²) in [5.74, 6) is 0.518. The predicted octanol–water partition coefficient (Wildman–Crippen LogP) is 3.78. The molecule has 0 unspecified atom stereocenters. The van der Waals surface area contributed by atoms with E-state index in [9.17, 15) is 4.79 Å². The van der Waals surface area contributed by atoms with Gasteiger partial charge in [0.25, 0.3) is 5.91 Å². The second kappa shape index (κ2) is 6.38. The van der Waals surface area contributed by atoms with Gasteiger partial charge in [-0.1, -0.05) is 34.1 Å². The summed E-state index contributed by atoms with van der Waals surface area (Å²) >= 11 is 3.35. The molecule has 0 aliphatic heterocycles. The Morgan fingerprint density at radius 2 is 2.00 bits per heavy atom. The molecule has 4 heteroatoms. The van der Waals surface area contributed by atoms with Crippen LogP contribution in [0, 0.1) is 6.92 Å². The third kappa shape index (κ3) is 4.41. The molecule has 0 aliphatic rings. The molecule has 0 fully saturated rings. The SMILES string of the molecule is Cc1cccc(OCC(=O)Nc2cccc(Br)c2)c1. The third-order valence-electron chi connectivity index (χ3n) is 2.47. The van der Waals surface area contributed by atoms with E-state index in [-0.39, 0.29) is 12.5 Å². The number of anilines is 1. The van der Waals surface area contributed by atoms with Crippen molar-refractivity contribution in [3.63, 3.8) is 0 Å². The molecule has 2 rings (SSSR count). The van der Waals surface area contributed by atoms with E-state index in [1.54, 1.807) is 0 Å². The van der Waals surface area contributed by atoms with Crippen molar-refractivity contribution in [1.29, 1.82) is 0 Å². The number of hydrogen-bond acceptors (Lipinski definition) is 2. The fraction of sp³-hybridized carbons (Fsp3) is 0.133. The van der Waals surface area contributed by atoms with Crippen molar-refractivity contribution in [3.8, 4) is 5.75 Å². The van der Waals surface area contributed by atoms with Crippen LogP contribution in [0.4, 0.5) is 5.69 Å². The molecule has 0 saturated carbocycles. The Kier molecular flexibility index (Phi) is 4.58. The Labute approximate surface area is 120 Å². The molecule has 0 atom stereocenters. The zero-order valence-electron chi connectivity index (χ0n) is 10.5. The van der Waals surface area contributed by atoms with E-state index in [2.05, 4.69) is 21.2 Å². The van der Waals surface area contributed by atoms with Gasteiger partial charge in [0.15, 0.2) is 6.61 Å². The molecule has 0 radical (unpaired) electrons. The van der Waals surface area contributed by atoms with Gasteiger partial charge in [-0.3, -0.25) is 4.79 Å². The number of halogens is 1. The molecular weight excluding hydrogens is 306 g/mol. The molecule has 0 heterocycles. The number of hydrogen-bond donors (Lipinski definition) is 1. The second-order valence-corrected chi connectivity index (χ2v) is 5.08. The molecular formula is C15H14BrNO2. The lowest BCUT2D eigenvalue weighted by Crippen LogP contribution is -2.20. The number of ether oxygens (including phenoxy) is 1. The minimum absolute atomic E-state index is 0.00400. The van der Waals surface area contributed by atoms with Gasteiger partial charge in [0, 0.05) is 10.2 Å². The molecule has 98 valence electrons. The van der Waals surface area contributed by atoms with Crippen LogP contribution in [-0.4, -0.2) is 12.5 Å². The van der Waals surface area contributed by atoms with Crippen LogP contribution < -0.4 is 10.1 Å². The minimum atomic E-state index is -0.181. The van der Waals surface area contributed by atoms with Crippen LogP contribution in [0.5, 0.6) is 5.75 Å². The number of benzene rings is 2. The highest BCUT2D eigenvalue weighted by molar-refractivity contribution is 9.10. The lowest BCUT2D eigenvalue weighted by molar-refractivity contribution is -0.118. The number of amides is 1. The number of carbonyl (C=O) groups excluding carboxylic acids is 1. The van der Waals surface area contributed by atoms with Gasteiger partial charge >= 0.3 is 0 Å². The highest BCUT2D eigenvalue weighted by atomic mass is 79.9. The summed E-state index contributed by atoms with van der Waals surface area (Å²) in [6.45, 7) is 1.98. The molecule has 1 amide bonds. The summed E-state index contributed by atoms with van der Waals surface area (Å²) in [4.78, 5) is 11.7. The smallest absolute Gasteiger partial charge is 0.262 e. The first-order valence-corrected chi connectivity index (χ1v) is 6.68. The van der Waals surface area contributed by atoms with Gasteiger partial charge in [0.1, 0.15) is 5.75 Å². The Morgan fingerprint density at radius 3 is 2.74 bits per heavy atom. The minimum Gasteiger partial charge on any atom is -0.484 e. The van der Waals surface area contributed by atoms with Crippen molar-refractivity contribution in [2.24, 2.45) is 0 Å². The topological polar surface area (TPSA) is 38.3 Å². The first-order valence-electron chi connectivity index (χ1n) is 5.88. The zero-order chi connectivity index (χ0) is 13.7. The van der Waals surface area contributed by atoms with Crippen LogP contribution in [-0.2, 0) is 4.79 Å². The van der Waals surface area contributed by atoms with Gasteiger partial charge in [-0.05, 0) is 42.8 Å². The van der Waals surface area contributed by atoms with Crippen LogP contribution in [0.15, 0.2) is 53.0 Å². The molecule has 0 bridgehead atoms. The largest absolute Gasteiger partial charge is 0.484 e. The fourth-order valence-electron chi connectivity index (χ4n) is 1.62. The van der Waals surface area contributed by atoms with E-state index < -0.39 is 0 Å². The average Bonchev–Trinajstić information content (AvgIpc) is 2.36. The molecule has 2 aromatic rings. The maximum absolute atomic E-state index is 11.7. The maximum Gasteiger partial charge on any atom is 0.262 e. The molecule has 3 nitrogen and oxygen atoms in total. The Hall–Kier alpha value is -1.81. The first-order chi connectivity index (χ1) is 9.13. The zero-order valence-corrected chi connectivity index (χ0v) is 12.1. The van der Waals surface area contributed by atoms with Crippen LogP contribution >= 0.6 is 15.9 Å². The summed E-state index contributed by atoms with van der Waals surface area (Å²) < 4.78 is 6.35. The summed E-state index contributed by atoms with van der Waals surface area (Å²) in [5.41, 5.74) is 1.84. The monoisotopic (exact) mass is 319 g/mol. The van der Waals surface area contributed by atoms with E-state index >= 15 is 0 Å². The van der Waals surface area contributed by atoms with E-state index in [1.165, 1.54) is 0 Å². The van der Waals surface area contributed by atoms with Gasteiger partial charge in [0.05, 0.1) is 0 Å². The predicted molar refractivity (Wildman–Crippen MR) is 79.4 cm³/mol. The van der Waals surface area contributed by atoms with Crippen molar-refractivity contribution >= 4 is 27.5 Å². The van der Waals surface area contributed by atoms with Gasteiger partial charge in [0.2, 0.25) is 0 Å². The van der Waals surface area contributed by atoms with E-state index in [4.69, 9.17) is 4.74 Å². The van der Waals surface area contributed by atoms with Crippen LogP contribution in [0.3, 0.4) is 0 Å². The molecule has 19 heavy (non-hydrogen) atoms. The maximum atomic E-state index is 11.7. The normalized spacial score (nSPS) is 10.0. The fourth-order valence-corrected chi connectivity index (χ4v) is 2.02. The lowest BCUT2D eigenvalue weighted by Gasteiger charge is -2.08. The lowest BCUT2D eigenvalue weighted by atomic mass is 10.2. The van der Waals surface area contributed by atoms with Crippen molar-refractivity contribution in [2.75, 3.05) is 11.9 Å². The van der Waals surface area contributed by atoms with Gasteiger partial charge in [-0.2, -0.15) is 0 Å². The first kappa shape index (κ1) is 13.6. The number of nitrogens with one attached hydrogen (secondary N) is 1. The molecule has 0 aromatic heterocycles. The Morgan fingerprint density at radius 1 is 1.21 bits per heavy atom. The third-order valence-corrected chi connectivity index (χ3v) is 2.96. The Bertz CT molecular complexity index is 584. The van der Waals surface area contributed by atoms with E-state index in [0.29, 0.717) is 5.75 Å². The molecule has 2 aromatic carbocycles. The second-order valence-electron chi connectivity index (χ2n) is 4.16. The molecule has 1 N–H and O–H groups in total. The quantitative estimate of drug-likeness (QED) is 0.931. The highest BCUT2D eigenvalue weighted by Gasteiger charge is 2.04. The molecule has 0 spiro atoms. The highest BCUT2D eigenvalue weighted by Crippen LogP contribution is 2.16. The van der Waals surface area contributed by atoms with Crippen molar-refractivity contribution in [3.05, 3.63) is 58.6 Å². The Balaban J connectivity index is 1.88. The van der Waals surface area contributed by atoms with E-state index in [1.807, 2.05) is 55.5 Å². The van der Waals surface area contributed by atoms with Crippen LogP contribution in [0.1, 0.15) is 5.56 Å². The van der Waals surface area contributed by atoms with Crippen molar-refractivity contribution in [1.82, 2.24) is 0 Å². The molecule has 0 aliphatic carbocycles. The van der Waals surface area contributed by atoms with E-state index in [0.717, 1.165) is 15.7 Å². The number of carbonyl (C=O) groups is 1. The standard InChI is InChI=1S/C15H14BrNO2/c1-11-4-2-7-14(8-11)19-10-15(18)17-13-6-3-5-12(16)9-13/h2-9H,10H2,1H3,(H,17,18). The summed E-state index contributed by atoms with van der Waals surface area (Å²) in [5, 5.41) is 2.77. The van der Waals surface area contributed by atoms with Crippen molar-refractivity contribution in [2.45, 2.75) is 6.92 Å². The van der Waals surface area contributed by atoms with Crippen LogP contribution in [0.2, 0.25) is 0 Å². The average molecular weight is 320 g/mol. The van der Waals surface area contributed by atoms with Crippen molar-refractivity contribution < 1.29 is 9.53 Å². The van der Waals surface area contributed by atoms with Gasteiger partial charge in [-0.15, -0.1) is 0 Å². The summed E-state index contributed by atoms with van der Waals surface area (Å²) in [6, 6.07) is 15.0. The van der Waals surface area contributed by atoms with Crippen LogP contribution in [0.25, 0.3) is 0 Å².